The maximum Gasteiger partial charge on any atom is 0.369 e. The predicted molar refractivity (Wildman–Crippen MR) is 473 cm³/mol. The third-order valence-corrected chi connectivity index (χ3v) is 25.6. The van der Waals surface area contributed by atoms with E-state index in [0.717, 1.165) is 34.2 Å². The second-order valence-electron chi connectivity index (χ2n) is 30.8. The molecule has 1 aliphatic carbocycles. The van der Waals surface area contributed by atoms with Gasteiger partial charge in [-0.25, -0.2) is 4.79 Å². The predicted octanol–water partition coefficient (Wildman–Crippen LogP) is -1.15. The van der Waals surface area contributed by atoms with Crippen molar-refractivity contribution in [1.82, 2.24) is 68.4 Å². The molecule has 0 bridgehead atoms. The molecule has 24 N–H and O–H groups in total. The number of carboxylic acid groups (broad SMARTS) is 1. The molecule has 2 heterocycles. The quantitative estimate of drug-likeness (QED) is 0.0180. The van der Waals surface area contributed by atoms with Crippen LogP contribution in [0.15, 0.2) is 79.1 Å². The second kappa shape index (κ2) is 59.1. The summed E-state index contributed by atoms with van der Waals surface area (Å²) in [6.45, 7) is 2.68. The molecule has 1 aliphatic heterocycles. The first-order valence-corrected chi connectivity index (χ1v) is 47.1. The lowest BCUT2D eigenvalue weighted by molar-refractivity contribution is -0.138. The van der Waals surface area contributed by atoms with Gasteiger partial charge in [-0.2, -0.15) is 0 Å². The van der Waals surface area contributed by atoms with Gasteiger partial charge in [-0.15, -0.1) is 11.8 Å². The van der Waals surface area contributed by atoms with Crippen LogP contribution in [0.1, 0.15) is 152 Å². The largest absolute Gasteiger partial charge is 0.481 e. The topological polar surface area (TPSA) is 693 Å². The summed E-state index contributed by atoms with van der Waals surface area (Å²) in [5.74, 6) is -8.74. The Morgan fingerprint density at radius 1 is 0.585 bits per heavy atom. The summed E-state index contributed by atoms with van der Waals surface area (Å²) in [4.78, 5) is 236. The van der Waals surface area contributed by atoms with Crippen molar-refractivity contribution >= 4 is 133 Å². The highest BCUT2D eigenvalue weighted by Crippen LogP contribution is 2.69. The molecular weight excluding hydrogens is 1770 g/mol. The number of carbonyl (C=O) groups excluding carboxylic acids is 14. The molecule has 2 unspecified atom stereocenters. The zero-order valence-electron chi connectivity index (χ0n) is 72.7. The van der Waals surface area contributed by atoms with Crippen molar-refractivity contribution in [3.8, 4) is 0 Å². The third kappa shape index (κ3) is 42.6. The summed E-state index contributed by atoms with van der Waals surface area (Å²) in [6, 6.07) is 12.2. The lowest BCUT2D eigenvalue weighted by Gasteiger charge is -2.38. The van der Waals surface area contributed by atoms with E-state index >= 15 is 0 Å². The van der Waals surface area contributed by atoms with Crippen molar-refractivity contribution in [3.63, 3.8) is 0 Å². The van der Waals surface area contributed by atoms with Crippen molar-refractivity contribution < 1.29 is 135 Å². The second-order valence-corrected chi connectivity index (χ2v) is 36.0. The molecule has 0 spiro atoms. The lowest BCUT2D eigenvalue weighted by atomic mass is 9.80. The molecule has 5 rings (SSSR count). The molecular formula is C82H125N17O28P2S. The number of likely N-dealkylation sites (tertiary alicyclic amines) is 1. The van der Waals surface area contributed by atoms with Gasteiger partial charge < -0.3 is 139 Å². The van der Waals surface area contributed by atoms with Crippen LogP contribution in [-0.2, 0) is 102 Å². The summed E-state index contributed by atoms with van der Waals surface area (Å²) < 4.78 is 45.2. The van der Waals surface area contributed by atoms with Crippen molar-refractivity contribution in [2.24, 2.45) is 11.5 Å². The highest BCUT2D eigenvalue weighted by Gasteiger charge is 2.59. The van der Waals surface area contributed by atoms with E-state index < -0.39 is 158 Å². The molecule has 0 radical (unpaired) electrons. The van der Waals surface area contributed by atoms with Crippen molar-refractivity contribution in [2.75, 3.05) is 122 Å². The van der Waals surface area contributed by atoms with Gasteiger partial charge in [0.2, 0.25) is 76.8 Å². The smallest absolute Gasteiger partial charge is 0.369 e. The van der Waals surface area contributed by atoms with Gasteiger partial charge in [0.05, 0.1) is 70.6 Å². The summed E-state index contributed by atoms with van der Waals surface area (Å²) in [5.41, 5.74) is 13.4. The van der Waals surface area contributed by atoms with E-state index in [4.69, 9.17) is 30.4 Å². The number of nitrogens with two attached hydrogens (primary N) is 2. The third-order valence-electron chi connectivity index (χ3n) is 20.4. The zero-order chi connectivity index (χ0) is 95.5. The number of ether oxygens (including phenoxy) is 4. The minimum absolute atomic E-state index is 0.0225. The molecule has 1 saturated heterocycles. The number of carbonyl (C=O) groups is 15. The average molecular weight is 1890 g/mol. The average Bonchev–Trinajstić information content (AvgIpc) is 0.789. The first-order valence-electron chi connectivity index (χ1n) is 42.8. The number of aromatic nitrogens is 1. The van der Waals surface area contributed by atoms with Crippen LogP contribution < -0.4 is 80.6 Å². The van der Waals surface area contributed by atoms with Gasteiger partial charge in [-0.1, -0.05) is 55.7 Å². The number of nitrogens with one attached hydrogen (secondary N) is 13. The molecule has 6 atom stereocenters. The Morgan fingerprint density at radius 3 is 1.68 bits per heavy atom. The number of aliphatic hydroxyl groups is 2. The standard InChI is InChI=1S/C82H125N17O28P2S/c1-55-14-3-4-16-60(55)97-80(116)93-58-24-21-56(22-25-58)50-70(105)95-62(18-6-9-35-86-65(100)26-23-57-15-12-34-85-52-57)76(112)96-63(19-11-20-73(108)109)77(113)98-81(31-7-2-8-32-81)79(115)92-41-45-127-49-48-126-43-39-89-67(102)28-27-66(101)88-38-42-124-46-47-125-44-40-90-68(103)29-30-69(104)94-61(74(84)110)17-5-10-36-91-75(111)59(83)54-130-64-51-72(107)99(78(64)114)53-71(106)87-37-13-33-82(117,128(118,119)120)129(121,122)123/h3-4,12,14-16,21-26,34,52,59,61-64,72,107,117H,2,5-11,13,17-20,27-33,35-51,53-54,83H2,1H3,(H2,84,110)(H,86,100)(H,87,106)(H,88,101)(H,89,102)(H,90,103)(H,91,111)(H,92,115)(H,94,104)(H,95,105)(H,96,112)(H,98,113)(H,108,109)(H2,93,97,116)(H2,118,119,120)(H2,121,122,123)/b26-23+/t59-,61+,62+,63+,64?,72?/m1/s1. The Labute approximate surface area is 756 Å². The summed E-state index contributed by atoms with van der Waals surface area (Å²) in [6.07, 6.45) is 5.92. The number of amides is 15. The van der Waals surface area contributed by atoms with Crippen LogP contribution in [0.25, 0.3) is 6.08 Å². The monoisotopic (exact) mass is 1890 g/mol. The van der Waals surface area contributed by atoms with Crippen molar-refractivity contribution in [1.29, 1.82) is 0 Å². The number of hydrogen-bond donors (Lipinski definition) is 22. The van der Waals surface area contributed by atoms with Crippen molar-refractivity contribution in [2.45, 2.75) is 194 Å². The van der Waals surface area contributed by atoms with Crippen LogP contribution in [0.5, 0.6) is 0 Å². The van der Waals surface area contributed by atoms with Crippen molar-refractivity contribution in [3.05, 3.63) is 95.8 Å². The number of urea groups is 1. The summed E-state index contributed by atoms with van der Waals surface area (Å²) in [7, 11) is -11.4. The molecule has 2 fully saturated rings. The number of hydrogen-bond acceptors (Lipinski definition) is 26. The molecule has 130 heavy (non-hydrogen) atoms. The maximum absolute atomic E-state index is 14.4. The number of aliphatic carboxylic acids is 1. The Morgan fingerprint density at radius 2 is 1.12 bits per heavy atom. The molecule has 1 saturated carbocycles. The first-order chi connectivity index (χ1) is 61.9. The van der Waals surface area contributed by atoms with E-state index in [-0.39, 0.29) is 199 Å². The van der Waals surface area contributed by atoms with E-state index in [1.54, 1.807) is 67.0 Å². The number of para-hydroxylation sites is 1. The van der Waals surface area contributed by atoms with Gasteiger partial charge in [-0.3, -0.25) is 81.2 Å². The van der Waals surface area contributed by atoms with Gasteiger partial charge in [0.1, 0.15) is 36.4 Å². The lowest BCUT2D eigenvalue weighted by Crippen LogP contribution is -2.63. The minimum atomic E-state index is -5.70. The van der Waals surface area contributed by atoms with Crippen LogP contribution in [0.2, 0.25) is 0 Å². The molecule has 1 aromatic heterocycles. The van der Waals surface area contributed by atoms with E-state index in [1.165, 1.54) is 6.08 Å². The number of rotatable bonds is 64. The van der Waals surface area contributed by atoms with Gasteiger partial charge in [0, 0.05) is 126 Å². The van der Waals surface area contributed by atoms with Crippen LogP contribution in [-0.4, -0.2) is 291 Å². The number of thioether (sulfide) groups is 1. The molecule has 45 nitrogen and oxygen atoms in total. The number of aliphatic hydroxyl groups excluding tert-OH is 1. The fourth-order valence-corrected chi connectivity index (χ4v) is 16.6. The highest BCUT2D eigenvalue weighted by atomic mass is 32.2. The number of benzene rings is 2. The SMILES string of the molecule is Cc1ccccc1NC(=O)Nc1ccc(CC(=O)N[C@@H](CCCCNC(=O)/C=C/c2cccnc2)C(=O)N[C@@H](CCCC(=O)O)C(=O)NC2(C(=O)NCCOCCOCCNC(=O)CCC(=O)NCCOCCOCCNC(=O)CCC(=O)N[C@@H](CCCCNC(=O)[C@H](N)CSC3CC(O)N(CC(=O)NCCCC(O)(P(=O)(O)O)P(=O)(O)O)C3=O)C(N)=O)CCCCC2)cc1. The van der Waals surface area contributed by atoms with Crippen LogP contribution >= 0.6 is 27.0 Å². The molecule has 15 amide bonds. The molecule has 48 heteroatoms. The Kier molecular flexibility index (Phi) is 50.0. The number of primary amides is 1. The maximum atomic E-state index is 14.4. The zero-order valence-corrected chi connectivity index (χ0v) is 75.3. The molecule has 2 aromatic carbocycles. The summed E-state index contributed by atoms with van der Waals surface area (Å²) in [5, 5.41) is 60.4. The number of aryl methyl sites for hydroxylation is 1. The van der Waals surface area contributed by atoms with Gasteiger partial charge in [0.15, 0.2) is 0 Å². The Balaban J connectivity index is 0.884. The van der Waals surface area contributed by atoms with E-state index in [0.29, 0.717) is 55.5 Å². The number of carboxylic acids is 1. The first kappa shape index (κ1) is 110. The fraction of sp³-hybridized carbons (Fsp3) is 0.585. The molecule has 722 valence electrons. The summed E-state index contributed by atoms with van der Waals surface area (Å²) >= 11 is 0.961. The number of unbranched alkanes of at least 4 members (excludes halogenated alkanes) is 2. The fourth-order valence-electron chi connectivity index (χ4n) is 13.2. The van der Waals surface area contributed by atoms with Crippen LogP contribution in [0, 0.1) is 6.92 Å². The molecule has 3 aromatic rings. The van der Waals surface area contributed by atoms with Crippen LogP contribution in [0.4, 0.5) is 16.2 Å². The van der Waals surface area contributed by atoms with E-state index in [1.807, 2.05) is 19.1 Å². The minimum Gasteiger partial charge on any atom is -0.481 e. The van der Waals surface area contributed by atoms with E-state index in [9.17, 15) is 116 Å². The Bertz CT molecular complexity index is 4300. The molecule has 2 aliphatic rings. The van der Waals surface area contributed by atoms with Gasteiger partial charge >= 0.3 is 27.2 Å². The van der Waals surface area contributed by atoms with E-state index in [2.05, 4.69) is 74.1 Å². The Hall–Kier alpha value is -10.4. The van der Waals surface area contributed by atoms with Gasteiger partial charge in [-0.05, 0) is 125 Å². The van der Waals surface area contributed by atoms with Crippen LogP contribution in [0.3, 0.4) is 0 Å². The van der Waals surface area contributed by atoms with Gasteiger partial charge in [0.25, 0.3) is 5.08 Å². The highest BCUT2D eigenvalue weighted by molar-refractivity contribution is 8.00. The number of pyridine rings is 1. The normalized spacial score (nSPS) is 15.3. The number of anilines is 2. The number of nitrogens with zero attached hydrogens (tertiary/aromatic N) is 2.